The maximum Gasteiger partial charge on any atom is 0.338 e. The van der Waals surface area contributed by atoms with E-state index in [0.29, 0.717) is 0 Å². The van der Waals surface area contributed by atoms with E-state index in [-0.39, 0.29) is 22.9 Å². The summed E-state index contributed by atoms with van der Waals surface area (Å²) in [5.74, 6) is -3.23. The lowest BCUT2D eigenvalue weighted by Crippen LogP contribution is -2.53. The highest BCUT2D eigenvalue weighted by Gasteiger charge is 2.56. The van der Waals surface area contributed by atoms with Crippen LogP contribution in [0.4, 0.5) is 0 Å². The van der Waals surface area contributed by atoms with Gasteiger partial charge in [0.2, 0.25) is 26.5 Å². The molecule has 0 spiro atoms. The Morgan fingerprint density at radius 2 is 1.57 bits per heavy atom. The summed E-state index contributed by atoms with van der Waals surface area (Å²) in [5, 5.41) is 5.43. The third kappa shape index (κ3) is 3.34. The molecular formula is C16H18N4O7S. The van der Waals surface area contributed by atoms with Crippen molar-refractivity contribution in [2.45, 2.75) is 4.75 Å². The van der Waals surface area contributed by atoms with E-state index in [2.05, 4.69) is 14.7 Å². The fraction of sp³-hybridized carbons (Fsp3) is 0.250. The molecule has 28 heavy (non-hydrogen) atoms. The van der Waals surface area contributed by atoms with E-state index in [1.54, 1.807) is 0 Å². The summed E-state index contributed by atoms with van der Waals surface area (Å²) in [4.78, 5) is 32.7. The van der Waals surface area contributed by atoms with E-state index < -0.39 is 32.5 Å². The lowest BCUT2D eigenvalue weighted by molar-refractivity contribution is -0.119. The minimum Gasteiger partial charge on any atom is -0.481 e. The third-order valence-corrected chi connectivity index (χ3v) is 5.35. The summed E-state index contributed by atoms with van der Waals surface area (Å²) in [5.41, 5.74) is 4.87. The Balaban J connectivity index is 3.06. The zero-order valence-electron chi connectivity index (χ0n) is 15.2. The van der Waals surface area contributed by atoms with Crippen LogP contribution in [0.25, 0.3) is 0 Å². The normalized spacial score (nSPS) is 13.3. The van der Waals surface area contributed by atoms with E-state index in [0.717, 1.165) is 7.11 Å². The van der Waals surface area contributed by atoms with Crippen LogP contribution in [0.5, 0.6) is 11.8 Å². The predicted octanol–water partition coefficient (Wildman–Crippen LogP) is -0.702. The van der Waals surface area contributed by atoms with Gasteiger partial charge in [0.05, 0.1) is 33.0 Å². The third-order valence-electron chi connectivity index (χ3n) is 3.90. The number of aromatic nitrogens is 2. The van der Waals surface area contributed by atoms with E-state index in [4.69, 9.17) is 20.3 Å². The molecule has 2 aromatic rings. The number of methoxy groups -OCH3 is 3. The molecule has 12 heteroatoms. The van der Waals surface area contributed by atoms with Gasteiger partial charge in [0.15, 0.2) is 5.82 Å². The maximum absolute atomic E-state index is 12.7. The highest BCUT2D eigenvalue weighted by Crippen LogP contribution is 2.38. The SMILES string of the molecule is COC(=O)c1ccccc1C(C(N)=O)(c1nc(OC)cc(OC)n1)S(N)(=O)=O. The van der Waals surface area contributed by atoms with Gasteiger partial charge in [-0.2, -0.15) is 9.97 Å². The number of nitrogens with two attached hydrogens (primary N) is 2. The molecule has 0 aliphatic heterocycles. The number of amides is 1. The minimum atomic E-state index is -4.86. The molecule has 11 nitrogen and oxygen atoms in total. The number of hydrogen-bond donors (Lipinski definition) is 2. The molecule has 0 aliphatic rings. The summed E-state index contributed by atoms with van der Waals surface area (Å²) in [6, 6.07) is 6.53. The van der Waals surface area contributed by atoms with Gasteiger partial charge >= 0.3 is 5.97 Å². The van der Waals surface area contributed by atoms with Crippen molar-refractivity contribution in [1.82, 2.24) is 9.97 Å². The monoisotopic (exact) mass is 410 g/mol. The number of rotatable bonds is 7. The predicted molar refractivity (Wildman–Crippen MR) is 96.0 cm³/mol. The fourth-order valence-corrected chi connectivity index (χ4v) is 3.74. The summed E-state index contributed by atoms with van der Waals surface area (Å²) < 4.78 is 37.3. The van der Waals surface area contributed by atoms with E-state index >= 15 is 0 Å². The Hall–Kier alpha value is -3.25. The molecule has 1 aromatic carbocycles. The van der Waals surface area contributed by atoms with Crippen LogP contribution in [-0.2, 0) is 24.3 Å². The number of benzene rings is 1. The molecule has 1 atom stereocenters. The number of primary amides is 1. The molecule has 0 saturated carbocycles. The Labute approximate surface area is 160 Å². The standard InChI is InChI=1S/C16H18N4O7S/c1-25-11-8-12(26-2)20-15(19-11)16(14(17)22,28(18,23)24)10-7-5-4-6-9(10)13(21)27-3/h4-8H,1-3H3,(H2,17,22)(H2,18,23,24). The number of nitrogens with zero attached hydrogens (tertiary/aromatic N) is 2. The summed E-state index contributed by atoms with van der Waals surface area (Å²) in [6.07, 6.45) is 0. The van der Waals surface area contributed by atoms with E-state index in [1.165, 1.54) is 44.6 Å². The molecule has 1 aromatic heterocycles. The molecule has 0 fully saturated rings. The van der Waals surface area contributed by atoms with Crippen molar-refractivity contribution in [2.24, 2.45) is 10.9 Å². The first-order chi connectivity index (χ1) is 13.1. The van der Waals surface area contributed by atoms with Gasteiger partial charge in [0.1, 0.15) is 0 Å². The smallest absolute Gasteiger partial charge is 0.338 e. The van der Waals surface area contributed by atoms with Gasteiger partial charge in [-0.05, 0) is 6.07 Å². The topological polar surface area (TPSA) is 174 Å². The van der Waals surface area contributed by atoms with Gasteiger partial charge in [-0.15, -0.1) is 0 Å². The molecule has 0 bridgehead atoms. The van der Waals surface area contributed by atoms with Crippen molar-refractivity contribution < 1.29 is 32.2 Å². The van der Waals surface area contributed by atoms with Crippen molar-refractivity contribution in [1.29, 1.82) is 0 Å². The Kier molecular flexibility index (Phi) is 5.85. The molecular weight excluding hydrogens is 392 g/mol. The largest absolute Gasteiger partial charge is 0.481 e. The Bertz CT molecular complexity index is 1000. The summed E-state index contributed by atoms with van der Waals surface area (Å²) >= 11 is 0. The van der Waals surface area contributed by atoms with Crippen molar-refractivity contribution >= 4 is 21.9 Å². The number of hydrogen-bond acceptors (Lipinski definition) is 9. The van der Waals surface area contributed by atoms with Gasteiger partial charge in [0, 0.05) is 5.56 Å². The first-order valence-electron chi connectivity index (χ1n) is 7.61. The van der Waals surface area contributed by atoms with Crippen molar-refractivity contribution in [3.05, 3.63) is 47.3 Å². The van der Waals surface area contributed by atoms with Crippen molar-refractivity contribution in [3.63, 3.8) is 0 Å². The number of carbonyl (C=O) groups is 2. The van der Waals surface area contributed by atoms with Crippen LogP contribution in [0.1, 0.15) is 21.7 Å². The van der Waals surface area contributed by atoms with Crippen LogP contribution in [0.15, 0.2) is 30.3 Å². The lowest BCUT2D eigenvalue weighted by Gasteiger charge is -2.28. The molecule has 0 aliphatic carbocycles. The second-order valence-corrected chi connectivity index (χ2v) is 7.11. The van der Waals surface area contributed by atoms with Crippen LogP contribution in [0.3, 0.4) is 0 Å². The summed E-state index contributed by atoms with van der Waals surface area (Å²) in [6.45, 7) is 0. The van der Waals surface area contributed by atoms with Crippen molar-refractivity contribution in [2.75, 3.05) is 21.3 Å². The zero-order chi connectivity index (χ0) is 21.1. The quantitative estimate of drug-likeness (QED) is 0.559. The lowest BCUT2D eigenvalue weighted by atomic mass is 9.91. The number of esters is 1. The van der Waals surface area contributed by atoms with Gasteiger partial charge < -0.3 is 19.9 Å². The fourth-order valence-electron chi connectivity index (χ4n) is 2.63. The Morgan fingerprint density at radius 1 is 1.04 bits per heavy atom. The number of ether oxygens (including phenoxy) is 3. The number of primary sulfonamides is 1. The maximum atomic E-state index is 12.7. The van der Waals surface area contributed by atoms with Gasteiger partial charge in [0.25, 0.3) is 5.91 Å². The van der Waals surface area contributed by atoms with Crippen LogP contribution in [-0.4, -0.2) is 51.6 Å². The highest BCUT2D eigenvalue weighted by atomic mass is 32.2. The van der Waals surface area contributed by atoms with Gasteiger partial charge in [-0.1, -0.05) is 18.2 Å². The van der Waals surface area contributed by atoms with Crippen LogP contribution < -0.4 is 20.3 Å². The minimum absolute atomic E-state index is 0.119. The molecule has 150 valence electrons. The average Bonchev–Trinajstić information content (AvgIpc) is 2.66. The van der Waals surface area contributed by atoms with Crippen LogP contribution in [0.2, 0.25) is 0 Å². The van der Waals surface area contributed by atoms with Gasteiger partial charge in [-0.25, -0.2) is 18.4 Å². The number of sulfonamides is 1. The first-order valence-corrected chi connectivity index (χ1v) is 9.15. The number of carbonyl (C=O) groups excluding carboxylic acids is 2. The van der Waals surface area contributed by atoms with Crippen LogP contribution in [0, 0.1) is 0 Å². The second kappa shape index (κ2) is 7.78. The van der Waals surface area contributed by atoms with E-state index in [9.17, 15) is 18.0 Å². The Morgan fingerprint density at radius 3 is 2.00 bits per heavy atom. The molecule has 4 N–H and O–H groups in total. The molecule has 1 amide bonds. The van der Waals surface area contributed by atoms with Crippen LogP contribution >= 0.6 is 0 Å². The van der Waals surface area contributed by atoms with Crippen molar-refractivity contribution in [3.8, 4) is 11.8 Å². The molecule has 0 saturated heterocycles. The molecule has 1 heterocycles. The molecule has 2 rings (SSSR count). The first kappa shape index (κ1) is 21.1. The highest BCUT2D eigenvalue weighted by molar-refractivity contribution is 7.91. The zero-order valence-corrected chi connectivity index (χ0v) is 16.0. The van der Waals surface area contributed by atoms with Gasteiger partial charge in [-0.3, -0.25) is 4.79 Å². The molecule has 1 unspecified atom stereocenters. The molecule has 0 radical (unpaired) electrons. The van der Waals surface area contributed by atoms with E-state index in [1.807, 2.05) is 0 Å². The summed E-state index contributed by atoms with van der Waals surface area (Å²) in [7, 11) is -1.25. The average molecular weight is 410 g/mol. The second-order valence-electron chi connectivity index (χ2n) is 5.40.